The van der Waals surface area contributed by atoms with Crippen LogP contribution in [0, 0.1) is 0 Å². The molecular formula is C24H23F3N2O2S. The third kappa shape index (κ3) is 4.32. The number of imide groups is 1. The van der Waals surface area contributed by atoms with Crippen molar-refractivity contribution in [2.45, 2.75) is 31.6 Å². The molecule has 1 aliphatic carbocycles. The van der Waals surface area contributed by atoms with Gasteiger partial charge in [0.1, 0.15) is 5.54 Å². The largest absolute Gasteiger partial charge is 0.332 e. The summed E-state index contributed by atoms with van der Waals surface area (Å²) in [7, 11) is 0. The molecule has 0 spiro atoms. The average Bonchev–Trinajstić information content (AvgIpc) is 3.27. The molecule has 2 aliphatic rings. The summed E-state index contributed by atoms with van der Waals surface area (Å²) in [5.41, 5.74) is 2.60. The first-order valence-electron chi connectivity index (χ1n) is 10.2. The van der Waals surface area contributed by atoms with Crippen LogP contribution in [0.5, 0.6) is 0 Å². The van der Waals surface area contributed by atoms with E-state index in [2.05, 4.69) is 0 Å². The lowest BCUT2D eigenvalue weighted by atomic mass is 10.0. The van der Waals surface area contributed by atoms with Crippen LogP contribution in [0.2, 0.25) is 0 Å². The molecule has 4 rings (SSSR count). The Morgan fingerprint density at radius 3 is 2.22 bits per heavy atom. The number of urea groups is 1. The molecule has 3 amide bonds. The standard InChI is InChI=1S/C24H23F3N2O2S/c1-24(2)22(30)29(21-12-9-17(10-13-21)16-32(25,26)27)23(31)28(24)15-18-8-11-20(14-18)19-6-4-3-5-7-19/h3-13H,14-16H2,1-2H3. The first-order chi connectivity index (χ1) is 15.1. The topological polar surface area (TPSA) is 40.6 Å². The Morgan fingerprint density at radius 2 is 1.59 bits per heavy atom. The highest BCUT2D eigenvalue weighted by atomic mass is 32.3. The molecule has 32 heavy (non-hydrogen) atoms. The first-order valence-corrected chi connectivity index (χ1v) is 11.7. The Balaban J connectivity index is 1.49. The van der Waals surface area contributed by atoms with E-state index < -0.39 is 34.4 Å². The highest BCUT2D eigenvalue weighted by Gasteiger charge is 2.51. The number of amides is 3. The fourth-order valence-electron chi connectivity index (χ4n) is 4.00. The predicted molar refractivity (Wildman–Crippen MR) is 122 cm³/mol. The predicted octanol–water partition coefficient (Wildman–Crippen LogP) is 6.61. The molecule has 4 nitrogen and oxygen atoms in total. The second-order valence-corrected chi connectivity index (χ2v) is 9.73. The van der Waals surface area contributed by atoms with Crippen molar-refractivity contribution in [3.8, 4) is 0 Å². The van der Waals surface area contributed by atoms with Crippen LogP contribution in [0.4, 0.5) is 22.1 Å². The van der Waals surface area contributed by atoms with Gasteiger partial charge in [-0.1, -0.05) is 54.6 Å². The molecule has 0 radical (unpaired) electrons. The van der Waals surface area contributed by atoms with Crippen LogP contribution < -0.4 is 4.90 Å². The van der Waals surface area contributed by atoms with Gasteiger partial charge in [0.2, 0.25) is 11.2 Å². The van der Waals surface area contributed by atoms with Crippen molar-refractivity contribution >= 4 is 34.4 Å². The van der Waals surface area contributed by atoms with Crippen LogP contribution in [-0.4, -0.2) is 28.9 Å². The van der Waals surface area contributed by atoms with Gasteiger partial charge in [0.15, 0.2) is 0 Å². The SMILES string of the molecule is CC1(C)C(=O)N(c2ccc(CS(F)(F)F)cc2)C(=O)N1CC1=CC=C(c2ccccc2)C1. The number of hydrogen-bond acceptors (Lipinski definition) is 2. The maximum Gasteiger partial charge on any atom is 0.332 e. The zero-order valence-corrected chi connectivity index (χ0v) is 18.5. The van der Waals surface area contributed by atoms with Crippen LogP contribution in [0.1, 0.15) is 31.4 Å². The normalized spacial score (nSPS) is 18.8. The molecule has 2 aromatic rings. The lowest BCUT2D eigenvalue weighted by molar-refractivity contribution is -0.123. The first kappa shape index (κ1) is 22.2. The van der Waals surface area contributed by atoms with Gasteiger partial charge in [0, 0.05) is 6.54 Å². The molecule has 0 saturated carbocycles. The number of nitrogens with zero attached hydrogens (tertiary/aromatic N) is 2. The fraction of sp³-hybridized carbons (Fsp3) is 0.250. The van der Waals surface area contributed by atoms with Gasteiger partial charge in [-0.05, 0) is 54.7 Å². The summed E-state index contributed by atoms with van der Waals surface area (Å²) in [6.07, 6.45) is 4.69. The molecule has 1 aliphatic heterocycles. The fourth-order valence-corrected chi connectivity index (χ4v) is 4.57. The maximum absolute atomic E-state index is 13.2. The zero-order valence-electron chi connectivity index (χ0n) is 17.7. The molecule has 168 valence electrons. The van der Waals surface area contributed by atoms with Gasteiger partial charge in [0.05, 0.1) is 11.4 Å². The summed E-state index contributed by atoms with van der Waals surface area (Å²) in [5.74, 6) is -1.37. The van der Waals surface area contributed by atoms with E-state index in [1.54, 1.807) is 13.8 Å². The summed E-state index contributed by atoms with van der Waals surface area (Å²) in [5, 5.41) is 0. The van der Waals surface area contributed by atoms with E-state index in [1.807, 2.05) is 42.5 Å². The Bertz CT molecular complexity index is 1110. The van der Waals surface area contributed by atoms with E-state index in [0.717, 1.165) is 21.6 Å². The summed E-state index contributed by atoms with van der Waals surface area (Å²) in [6, 6.07) is 14.9. The number of carbonyl (C=O) groups is 2. The lowest BCUT2D eigenvalue weighted by Gasteiger charge is -2.28. The lowest BCUT2D eigenvalue weighted by Crippen LogP contribution is -2.45. The van der Waals surface area contributed by atoms with Gasteiger partial charge in [-0.2, -0.15) is 0 Å². The molecule has 0 N–H and O–H groups in total. The van der Waals surface area contributed by atoms with Gasteiger partial charge in [-0.25, -0.2) is 9.69 Å². The van der Waals surface area contributed by atoms with E-state index in [-0.39, 0.29) is 11.3 Å². The van der Waals surface area contributed by atoms with E-state index in [9.17, 15) is 21.2 Å². The number of carbonyl (C=O) groups excluding carboxylic acids is 2. The van der Waals surface area contributed by atoms with Crippen molar-refractivity contribution in [1.82, 2.24) is 4.90 Å². The smallest absolute Gasteiger partial charge is 0.306 e. The number of rotatable bonds is 6. The molecule has 0 aromatic heterocycles. The zero-order chi connectivity index (χ0) is 23.1. The van der Waals surface area contributed by atoms with Gasteiger partial charge < -0.3 is 4.90 Å². The van der Waals surface area contributed by atoms with Gasteiger partial charge in [-0.15, -0.1) is 11.7 Å². The molecule has 0 unspecified atom stereocenters. The Kier molecular flexibility index (Phi) is 5.67. The van der Waals surface area contributed by atoms with Crippen LogP contribution >= 0.6 is 11.2 Å². The molecule has 8 heteroatoms. The quantitative estimate of drug-likeness (QED) is 0.456. The molecular weight excluding hydrogens is 437 g/mol. The number of anilines is 1. The van der Waals surface area contributed by atoms with E-state index >= 15 is 0 Å². The minimum atomic E-state index is -5.16. The second kappa shape index (κ2) is 8.16. The van der Waals surface area contributed by atoms with Gasteiger partial charge >= 0.3 is 6.03 Å². The van der Waals surface area contributed by atoms with Crippen molar-refractivity contribution in [1.29, 1.82) is 0 Å². The number of halogens is 3. The maximum atomic E-state index is 13.2. The monoisotopic (exact) mass is 460 g/mol. The highest BCUT2D eigenvalue weighted by Crippen LogP contribution is 2.56. The van der Waals surface area contributed by atoms with E-state index in [0.29, 0.717) is 13.0 Å². The third-order valence-electron chi connectivity index (χ3n) is 5.79. The van der Waals surface area contributed by atoms with Gasteiger partial charge in [-0.3, -0.25) is 4.79 Å². The highest BCUT2D eigenvalue weighted by molar-refractivity contribution is 8.20. The van der Waals surface area contributed by atoms with Crippen LogP contribution in [0.25, 0.3) is 5.57 Å². The summed E-state index contributed by atoms with van der Waals surface area (Å²) >= 11 is -5.16. The Hall–Kier alpha value is -3.00. The van der Waals surface area contributed by atoms with Crippen molar-refractivity contribution in [2.24, 2.45) is 0 Å². The van der Waals surface area contributed by atoms with Crippen LogP contribution in [-0.2, 0) is 10.5 Å². The van der Waals surface area contributed by atoms with E-state index in [1.165, 1.54) is 29.2 Å². The van der Waals surface area contributed by atoms with Gasteiger partial charge in [0.25, 0.3) is 5.91 Å². The van der Waals surface area contributed by atoms with Crippen molar-refractivity contribution in [2.75, 3.05) is 11.4 Å². The Labute approximate surface area is 187 Å². The molecule has 0 atom stereocenters. The minimum absolute atomic E-state index is 0.113. The molecule has 0 bridgehead atoms. The third-order valence-corrected chi connectivity index (χ3v) is 6.45. The van der Waals surface area contributed by atoms with E-state index in [4.69, 9.17) is 0 Å². The van der Waals surface area contributed by atoms with Crippen molar-refractivity contribution < 1.29 is 21.2 Å². The second-order valence-electron chi connectivity index (χ2n) is 8.44. The molecule has 1 saturated heterocycles. The van der Waals surface area contributed by atoms with Crippen molar-refractivity contribution in [3.05, 3.63) is 83.4 Å². The molecule has 2 aromatic carbocycles. The molecule has 1 fully saturated rings. The molecule has 1 heterocycles. The summed E-state index contributed by atoms with van der Waals surface area (Å²) in [6.45, 7) is 3.68. The summed E-state index contributed by atoms with van der Waals surface area (Å²) in [4.78, 5) is 28.9. The number of allylic oxidation sites excluding steroid dienone is 3. The Morgan fingerprint density at radius 1 is 0.938 bits per heavy atom. The number of benzene rings is 2. The van der Waals surface area contributed by atoms with Crippen LogP contribution in [0.3, 0.4) is 0 Å². The average molecular weight is 461 g/mol. The van der Waals surface area contributed by atoms with Crippen LogP contribution in [0.15, 0.2) is 72.3 Å². The number of hydrogen-bond donors (Lipinski definition) is 0. The van der Waals surface area contributed by atoms with Crippen molar-refractivity contribution in [3.63, 3.8) is 0 Å². The minimum Gasteiger partial charge on any atom is -0.306 e. The summed E-state index contributed by atoms with van der Waals surface area (Å²) < 4.78 is 38.1.